The monoisotopic (exact) mass is 336 g/mol. The van der Waals surface area contributed by atoms with E-state index in [0.717, 1.165) is 0 Å². The van der Waals surface area contributed by atoms with Crippen molar-refractivity contribution in [2.24, 2.45) is 0 Å². The van der Waals surface area contributed by atoms with Crippen LogP contribution in [0.3, 0.4) is 0 Å². The third-order valence-corrected chi connectivity index (χ3v) is 3.08. The lowest BCUT2D eigenvalue weighted by Crippen LogP contribution is -2.13. The van der Waals surface area contributed by atoms with E-state index in [4.69, 9.17) is 69.6 Å². The predicted octanol–water partition coefficient (Wildman–Crippen LogP) is 5.98. The molecule has 0 atom stereocenters. The summed E-state index contributed by atoms with van der Waals surface area (Å²) < 4.78 is -3.33. The summed E-state index contributed by atoms with van der Waals surface area (Å²) in [4.78, 5) is 0. The van der Waals surface area contributed by atoms with E-state index in [1.807, 2.05) is 0 Å². The fourth-order valence-corrected chi connectivity index (χ4v) is 2.40. The molecule has 0 N–H and O–H groups in total. The van der Waals surface area contributed by atoms with Crippen LogP contribution in [0.1, 0.15) is 16.7 Å². The summed E-state index contributed by atoms with van der Waals surface area (Å²) in [6.45, 7) is 3.62. The molecule has 16 heavy (non-hydrogen) atoms. The first-order valence-electron chi connectivity index (χ1n) is 4.07. The van der Waals surface area contributed by atoms with Gasteiger partial charge in [-0.25, -0.2) is 0 Å². The van der Waals surface area contributed by atoms with Gasteiger partial charge in [0.05, 0.1) is 0 Å². The summed E-state index contributed by atoms with van der Waals surface area (Å²) >= 11 is 35.0. The van der Waals surface area contributed by atoms with Crippen molar-refractivity contribution in [3.63, 3.8) is 0 Å². The van der Waals surface area contributed by atoms with Gasteiger partial charge in [0.2, 0.25) is 7.59 Å². The molecular weight excluding hydrogens is 333 g/mol. The molecule has 0 bridgehead atoms. The van der Waals surface area contributed by atoms with Gasteiger partial charge in [-0.1, -0.05) is 100 Å². The molecule has 1 rings (SSSR count). The number of hydrogen-bond acceptors (Lipinski definition) is 0. The standard InChI is InChI=1S/C10H6Cl6/c1-2-6-4-3-5-7(9(11,12)13)8(6)10(14,15)16/h2-5H,1H2. The van der Waals surface area contributed by atoms with Gasteiger partial charge in [-0.15, -0.1) is 0 Å². The zero-order valence-corrected chi connectivity index (χ0v) is 12.3. The number of rotatable bonds is 1. The molecule has 0 aromatic heterocycles. The van der Waals surface area contributed by atoms with Crippen molar-refractivity contribution in [3.05, 3.63) is 41.5 Å². The molecule has 0 radical (unpaired) electrons. The van der Waals surface area contributed by atoms with Crippen LogP contribution in [-0.2, 0) is 7.59 Å². The van der Waals surface area contributed by atoms with Crippen LogP contribution in [0.5, 0.6) is 0 Å². The molecule has 0 heterocycles. The van der Waals surface area contributed by atoms with Gasteiger partial charge in [0.25, 0.3) is 0 Å². The van der Waals surface area contributed by atoms with Crippen molar-refractivity contribution < 1.29 is 0 Å². The normalized spacial score (nSPS) is 12.6. The number of alkyl halides is 6. The molecule has 0 fully saturated rings. The summed E-state index contributed by atoms with van der Waals surface area (Å²) in [6.07, 6.45) is 1.54. The van der Waals surface area contributed by atoms with Crippen LogP contribution < -0.4 is 0 Å². The Morgan fingerprint density at radius 1 is 0.938 bits per heavy atom. The maximum Gasteiger partial charge on any atom is 0.217 e. The summed E-state index contributed by atoms with van der Waals surface area (Å²) in [5, 5.41) is 0. The largest absolute Gasteiger partial charge is 0.217 e. The van der Waals surface area contributed by atoms with Crippen molar-refractivity contribution in [3.8, 4) is 0 Å². The highest BCUT2D eigenvalue weighted by molar-refractivity contribution is 6.69. The van der Waals surface area contributed by atoms with Crippen molar-refractivity contribution in [2.45, 2.75) is 7.59 Å². The lowest BCUT2D eigenvalue weighted by molar-refractivity contribution is 1.11. The van der Waals surface area contributed by atoms with Crippen molar-refractivity contribution in [1.82, 2.24) is 0 Å². The van der Waals surface area contributed by atoms with Crippen LogP contribution in [0, 0.1) is 0 Å². The highest BCUT2D eigenvalue weighted by Crippen LogP contribution is 2.49. The van der Waals surface area contributed by atoms with Crippen molar-refractivity contribution in [1.29, 1.82) is 0 Å². The van der Waals surface area contributed by atoms with Gasteiger partial charge in [0, 0.05) is 11.1 Å². The summed E-state index contributed by atoms with van der Waals surface area (Å²) in [5.74, 6) is 0. The first kappa shape index (κ1) is 14.8. The minimum Gasteiger partial charge on any atom is -0.0985 e. The molecule has 6 heteroatoms. The van der Waals surface area contributed by atoms with Crippen molar-refractivity contribution >= 4 is 75.7 Å². The van der Waals surface area contributed by atoms with E-state index in [0.29, 0.717) is 16.7 Å². The summed E-state index contributed by atoms with van der Waals surface area (Å²) in [6, 6.07) is 5.02. The minimum absolute atomic E-state index is 0.329. The SMILES string of the molecule is C=Cc1cccc(C(Cl)(Cl)Cl)c1C(Cl)(Cl)Cl. The van der Waals surface area contributed by atoms with Crippen LogP contribution in [-0.4, -0.2) is 0 Å². The van der Waals surface area contributed by atoms with Crippen LogP contribution >= 0.6 is 69.6 Å². The molecular formula is C10H6Cl6. The van der Waals surface area contributed by atoms with Gasteiger partial charge < -0.3 is 0 Å². The Morgan fingerprint density at radius 2 is 1.50 bits per heavy atom. The quantitative estimate of drug-likeness (QED) is 0.552. The van der Waals surface area contributed by atoms with Gasteiger partial charge >= 0.3 is 0 Å². The van der Waals surface area contributed by atoms with Crippen LogP contribution in [0.15, 0.2) is 24.8 Å². The third kappa shape index (κ3) is 3.35. The highest BCUT2D eigenvalue weighted by atomic mass is 35.6. The lowest BCUT2D eigenvalue weighted by Gasteiger charge is -2.23. The Labute approximate surface area is 124 Å². The molecule has 88 valence electrons. The van der Waals surface area contributed by atoms with E-state index in [1.165, 1.54) is 6.08 Å². The second-order valence-corrected chi connectivity index (χ2v) is 7.53. The zero-order valence-electron chi connectivity index (χ0n) is 7.78. The van der Waals surface area contributed by atoms with E-state index >= 15 is 0 Å². The van der Waals surface area contributed by atoms with E-state index < -0.39 is 7.59 Å². The average molecular weight is 339 g/mol. The first-order valence-corrected chi connectivity index (χ1v) is 6.34. The first-order chi connectivity index (χ1) is 7.18. The average Bonchev–Trinajstić information content (AvgIpc) is 2.13. The molecule has 0 aliphatic rings. The number of halogens is 6. The van der Waals surface area contributed by atoms with E-state index in [9.17, 15) is 0 Å². The second-order valence-electron chi connectivity index (χ2n) is 2.97. The smallest absolute Gasteiger partial charge is 0.0985 e. The van der Waals surface area contributed by atoms with Gasteiger partial charge in [0.15, 0.2) is 0 Å². The molecule has 1 aromatic carbocycles. The number of hydrogen-bond donors (Lipinski definition) is 0. The molecule has 1 aromatic rings. The molecule has 0 saturated heterocycles. The third-order valence-electron chi connectivity index (χ3n) is 1.91. The Morgan fingerprint density at radius 3 is 1.88 bits per heavy atom. The Kier molecular flexibility index (Phi) is 4.74. The van der Waals surface area contributed by atoms with Gasteiger partial charge in [-0.05, 0) is 5.56 Å². The molecule has 0 aliphatic carbocycles. The maximum absolute atomic E-state index is 5.86. The fraction of sp³-hybridized carbons (Fsp3) is 0.200. The lowest BCUT2D eigenvalue weighted by atomic mass is 10.0. The van der Waals surface area contributed by atoms with E-state index in [2.05, 4.69) is 6.58 Å². The molecule has 0 unspecified atom stereocenters. The van der Waals surface area contributed by atoms with Crippen LogP contribution in [0.2, 0.25) is 0 Å². The maximum atomic E-state index is 5.86. The Balaban J connectivity index is 3.57. The summed E-state index contributed by atoms with van der Waals surface area (Å²) in [7, 11) is 0. The van der Waals surface area contributed by atoms with Crippen molar-refractivity contribution in [2.75, 3.05) is 0 Å². The van der Waals surface area contributed by atoms with E-state index in [1.54, 1.807) is 18.2 Å². The van der Waals surface area contributed by atoms with Gasteiger partial charge in [0.1, 0.15) is 0 Å². The fourth-order valence-electron chi connectivity index (χ4n) is 1.29. The molecule has 0 saturated carbocycles. The molecule has 0 nitrogen and oxygen atoms in total. The van der Waals surface area contributed by atoms with Crippen LogP contribution in [0.4, 0.5) is 0 Å². The molecule has 0 spiro atoms. The van der Waals surface area contributed by atoms with E-state index in [-0.39, 0.29) is 0 Å². The number of benzene rings is 1. The molecule has 0 aliphatic heterocycles. The minimum atomic E-state index is -1.68. The second kappa shape index (κ2) is 5.14. The zero-order chi connectivity index (χ0) is 12.6. The summed E-state index contributed by atoms with van der Waals surface area (Å²) in [5.41, 5.74) is 1.27. The Hall–Kier alpha value is 0.700. The predicted molar refractivity (Wildman–Crippen MR) is 75.0 cm³/mol. The van der Waals surface area contributed by atoms with Gasteiger partial charge in [-0.2, -0.15) is 0 Å². The Bertz CT molecular complexity index is 399. The van der Waals surface area contributed by atoms with Gasteiger partial charge in [-0.3, -0.25) is 0 Å². The van der Waals surface area contributed by atoms with Crippen LogP contribution in [0.25, 0.3) is 6.08 Å². The topological polar surface area (TPSA) is 0 Å². The highest BCUT2D eigenvalue weighted by Gasteiger charge is 2.35. The molecule has 0 amide bonds.